The van der Waals surface area contributed by atoms with Crippen LogP contribution in [0.5, 0.6) is 0 Å². The monoisotopic (exact) mass is 321 g/mol. The fourth-order valence-corrected chi connectivity index (χ4v) is 4.26. The summed E-state index contributed by atoms with van der Waals surface area (Å²) < 4.78 is 4.85. The lowest BCUT2D eigenvalue weighted by Crippen LogP contribution is -2.59. The highest BCUT2D eigenvalue weighted by atomic mass is 32.1. The van der Waals surface area contributed by atoms with Crippen molar-refractivity contribution in [2.75, 3.05) is 18.6 Å². The van der Waals surface area contributed by atoms with E-state index in [2.05, 4.69) is 0 Å². The molecule has 21 heavy (non-hydrogen) atoms. The Hall–Kier alpha value is -1.66. The summed E-state index contributed by atoms with van der Waals surface area (Å²) in [6, 6.07) is 3.95. The number of nitrogens with zero attached hydrogens (tertiary/aromatic N) is 1. The molecule has 0 aliphatic carbocycles. The summed E-state index contributed by atoms with van der Waals surface area (Å²) in [7, 11) is 1.36. The molecule has 0 spiro atoms. The maximum Gasteiger partial charge on any atom is 0.350 e. The lowest BCUT2D eigenvalue weighted by molar-refractivity contribution is -0.132. The molecule has 3 rings (SSSR count). The highest BCUT2D eigenvalue weighted by Crippen LogP contribution is 2.46. The largest absolute Gasteiger partial charge is 0.465 e. The van der Waals surface area contributed by atoms with Gasteiger partial charge in [0.2, 0.25) is 5.91 Å². The Morgan fingerprint density at radius 3 is 2.67 bits per heavy atom. The first-order valence-electron chi connectivity index (χ1n) is 6.51. The zero-order valence-electron chi connectivity index (χ0n) is 12.0. The zero-order valence-corrected chi connectivity index (χ0v) is 13.6. The minimum absolute atomic E-state index is 0.0452. The molecule has 3 heterocycles. The van der Waals surface area contributed by atoms with Crippen molar-refractivity contribution in [2.24, 2.45) is 5.41 Å². The van der Waals surface area contributed by atoms with Gasteiger partial charge in [-0.3, -0.25) is 4.79 Å². The van der Waals surface area contributed by atoms with Gasteiger partial charge in [-0.15, -0.1) is 22.7 Å². The molecule has 0 bridgehead atoms. The van der Waals surface area contributed by atoms with Crippen LogP contribution in [0, 0.1) is 5.41 Å². The first-order chi connectivity index (χ1) is 9.95. The number of amides is 1. The van der Waals surface area contributed by atoms with Gasteiger partial charge in [-0.25, -0.2) is 4.79 Å². The number of carbonyl (C=O) groups excluding carboxylic acids is 2. The van der Waals surface area contributed by atoms with Gasteiger partial charge in [0.05, 0.1) is 18.2 Å². The van der Waals surface area contributed by atoms with Gasteiger partial charge in [-0.05, 0) is 25.3 Å². The Labute approximate surface area is 131 Å². The van der Waals surface area contributed by atoms with E-state index in [4.69, 9.17) is 4.74 Å². The third kappa shape index (κ3) is 2.18. The molecule has 0 unspecified atom stereocenters. The number of thiophene rings is 2. The van der Waals surface area contributed by atoms with Crippen LogP contribution in [0.15, 0.2) is 22.9 Å². The summed E-state index contributed by atoms with van der Waals surface area (Å²) in [6.45, 7) is 4.45. The molecular weight excluding hydrogens is 306 g/mol. The maximum absolute atomic E-state index is 12.3. The van der Waals surface area contributed by atoms with E-state index in [-0.39, 0.29) is 11.3 Å². The molecular formula is C15H15NO3S2. The lowest BCUT2D eigenvalue weighted by atomic mass is 9.82. The maximum atomic E-state index is 12.3. The van der Waals surface area contributed by atoms with Crippen LogP contribution in [-0.2, 0) is 9.53 Å². The quantitative estimate of drug-likeness (QED) is 0.640. The smallest absolute Gasteiger partial charge is 0.350 e. The number of hydrogen-bond donors (Lipinski definition) is 0. The van der Waals surface area contributed by atoms with Crippen LogP contribution < -0.4 is 4.90 Å². The number of rotatable bonds is 3. The van der Waals surface area contributed by atoms with E-state index in [1.165, 1.54) is 18.4 Å². The van der Waals surface area contributed by atoms with Crippen LogP contribution in [0.3, 0.4) is 0 Å². The second-order valence-electron chi connectivity index (χ2n) is 5.57. The number of β-lactam (4-membered cyclic amide) rings is 1. The van der Waals surface area contributed by atoms with Crippen LogP contribution in [0.2, 0.25) is 0 Å². The first kappa shape index (κ1) is 14.3. The highest BCUT2D eigenvalue weighted by molar-refractivity contribution is 7.16. The van der Waals surface area contributed by atoms with E-state index in [0.29, 0.717) is 17.1 Å². The van der Waals surface area contributed by atoms with Crippen molar-refractivity contribution in [2.45, 2.75) is 13.8 Å². The van der Waals surface area contributed by atoms with Crippen molar-refractivity contribution in [1.29, 1.82) is 0 Å². The van der Waals surface area contributed by atoms with E-state index in [1.54, 1.807) is 16.2 Å². The zero-order chi connectivity index (χ0) is 15.2. The predicted molar refractivity (Wildman–Crippen MR) is 85.1 cm³/mol. The molecule has 1 saturated heterocycles. The fraction of sp³-hybridized carbons (Fsp3) is 0.333. The lowest BCUT2D eigenvalue weighted by Gasteiger charge is -2.44. The summed E-state index contributed by atoms with van der Waals surface area (Å²) >= 11 is 2.92. The second kappa shape index (κ2) is 4.96. The molecule has 2 aromatic heterocycles. The number of anilines is 1. The Morgan fingerprint density at radius 2 is 2.14 bits per heavy atom. The Balaban J connectivity index is 2.10. The van der Waals surface area contributed by atoms with Crippen LogP contribution in [0.4, 0.5) is 5.69 Å². The Bertz CT molecular complexity index is 701. The molecule has 1 amide bonds. The normalized spacial score (nSPS) is 16.7. The van der Waals surface area contributed by atoms with Gasteiger partial charge < -0.3 is 9.64 Å². The van der Waals surface area contributed by atoms with Gasteiger partial charge in [0.1, 0.15) is 4.88 Å². The van der Waals surface area contributed by atoms with Gasteiger partial charge in [0.25, 0.3) is 0 Å². The summed E-state index contributed by atoms with van der Waals surface area (Å²) in [6.07, 6.45) is 0. The molecule has 0 atom stereocenters. The summed E-state index contributed by atoms with van der Waals surface area (Å²) in [5.41, 5.74) is 1.26. The molecule has 4 nitrogen and oxygen atoms in total. The summed E-state index contributed by atoms with van der Waals surface area (Å²) in [5.74, 6) is -0.348. The predicted octanol–water partition coefficient (Wildman–Crippen LogP) is 3.64. The fourth-order valence-electron chi connectivity index (χ4n) is 2.45. The average molecular weight is 321 g/mol. The minimum Gasteiger partial charge on any atom is -0.465 e. The van der Waals surface area contributed by atoms with Crippen molar-refractivity contribution in [3.8, 4) is 10.4 Å². The number of carbonyl (C=O) groups is 2. The third-order valence-electron chi connectivity index (χ3n) is 3.57. The molecule has 1 aliphatic rings. The molecule has 110 valence electrons. The number of hydrogen-bond acceptors (Lipinski definition) is 5. The Kier molecular flexibility index (Phi) is 3.37. The molecule has 0 N–H and O–H groups in total. The number of ether oxygens (including phenoxy) is 1. The number of methoxy groups -OCH3 is 1. The second-order valence-corrected chi connectivity index (χ2v) is 7.40. The summed E-state index contributed by atoms with van der Waals surface area (Å²) in [4.78, 5) is 27.6. The van der Waals surface area contributed by atoms with E-state index in [9.17, 15) is 9.59 Å². The van der Waals surface area contributed by atoms with Crippen molar-refractivity contribution in [1.82, 2.24) is 0 Å². The third-order valence-corrected chi connectivity index (χ3v) is 5.42. The van der Waals surface area contributed by atoms with Crippen LogP contribution in [0.25, 0.3) is 10.4 Å². The van der Waals surface area contributed by atoms with E-state index >= 15 is 0 Å². The number of esters is 1. The Morgan fingerprint density at radius 1 is 1.38 bits per heavy atom. The summed E-state index contributed by atoms with van der Waals surface area (Å²) in [5, 5.41) is 3.91. The van der Waals surface area contributed by atoms with Crippen LogP contribution in [0.1, 0.15) is 23.5 Å². The topological polar surface area (TPSA) is 46.6 Å². The van der Waals surface area contributed by atoms with Crippen molar-refractivity contribution < 1.29 is 14.3 Å². The SMILES string of the molecule is COC(=O)c1scc(-c2cccs2)c1N1CC(C)(C)C1=O. The molecule has 2 aromatic rings. The van der Waals surface area contributed by atoms with E-state index in [1.807, 2.05) is 36.7 Å². The first-order valence-corrected chi connectivity index (χ1v) is 8.27. The van der Waals surface area contributed by atoms with Crippen LogP contribution >= 0.6 is 22.7 Å². The van der Waals surface area contributed by atoms with Crippen molar-refractivity contribution in [3.05, 3.63) is 27.8 Å². The van der Waals surface area contributed by atoms with Gasteiger partial charge in [-0.2, -0.15) is 0 Å². The van der Waals surface area contributed by atoms with Gasteiger partial charge in [-0.1, -0.05) is 6.07 Å². The average Bonchev–Trinajstić information content (AvgIpc) is 3.12. The molecule has 6 heteroatoms. The van der Waals surface area contributed by atoms with Gasteiger partial charge in [0.15, 0.2) is 0 Å². The molecule has 0 aromatic carbocycles. The molecule has 1 aliphatic heterocycles. The molecule has 0 saturated carbocycles. The molecule has 0 radical (unpaired) electrons. The van der Waals surface area contributed by atoms with Crippen molar-refractivity contribution in [3.63, 3.8) is 0 Å². The van der Waals surface area contributed by atoms with E-state index < -0.39 is 5.97 Å². The highest BCUT2D eigenvalue weighted by Gasteiger charge is 2.47. The molecule has 1 fully saturated rings. The van der Waals surface area contributed by atoms with Gasteiger partial charge >= 0.3 is 5.97 Å². The van der Waals surface area contributed by atoms with Crippen LogP contribution in [-0.4, -0.2) is 25.5 Å². The van der Waals surface area contributed by atoms with Gasteiger partial charge in [0, 0.05) is 22.4 Å². The van der Waals surface area contributed by atoms with Crippen molar-refractivity contribution >= 4 is 40.2 Å². The minimum atomic E-state index is -0.393. The van der Waals surface area contributed by atoms with E-state index in [0.717, 1.165) is 10.4 Å². The standard InChI is InChI=1S/C15H15NO3S2/c1-15(2)8-16(14(15)18)11-9(10-5-4-6-20-10)7-21-12(11)13(17)19-3/h4-7H,8H2,1-3H3.